The number of aryl methyl sites for hydroxylation is 2. The summed E-state index contributed by atoms with van der Waals surface area (Å²) < 4.78 is 2.02. The number of rotatable bonds is 4. The zero-order valence-electron chi connectivity index (χ0n) is 20.5. The van der Waals surface area contributed by atoms with Gasteiger partial charge in [0, 0.05) is 48.2 Å². The largest absolute Gasteiger partial charge is 0.338 e. The minimum Gasteiger partial charge on any atom is -0.338 e. The fraction of sp³-hybridized carbons (Fsp3) is 0.345. The molecule has 2 aromatic carbocycles. The minimum absolute atomic E-state index is 0.113. The van der Waals surface area contributed by atoms with Gasteiger partial charge < -0.3 is 4.90 Å². The molecule has 2 aromatic heterocycles. The molecule has 1 saturated heterocycles. The molecule has 174 valence electrons. The zero-order chi connectivity index (χ0) is 23.8. The molecule has 0 aliphatic carbocycles. The highest BCUT2D eigenvalue weighted by Gasteiger charge is 2.26. The van der Waals surface area contributed by atoms with E-state index in [0.717, 1.165) is 47.1 Å². The number of nitrogens with zero attached hydrogens (tertiary/aromatic N) is 4. The van der Waals surface area contributed by atoms with Gasteiger partial charge in [0.25, 0.3) is 5.91 Å². The van der Waals surface area contributed by atoms with Crippen LogP contribution in [0.2, 0.25) is 0 Å². The Morgan fingerprint density at radius 1 is 1.03 bits per heavy atom. The first-order chi connectivity index (χ1) is 16.4. The molecule has 1 aliphatic heterocycles. The summed E-state index contributed by atoms with van der Waals surface area (Å²) in [4.78, 5) is 24.8. The van der Waals surface area contributed by atoms with E-state index in [0.29, 0.717) is 17.8 Å². The molecule has 0 spiro atoms. The van der Waals surface area contributed by atoms with Crippen molar-refractivity contribution in [3.8, 4) is 17.1 Å². The van der Waals surface area contributed by atoms with Gasteiger partial charge in [-0.2, -0.15) is 0 Å². The van der Waals surface area contributed by atoms with Crippen molar-refractivity contribution in [2.45, 2.75) is 40.5 Å². The Bertz CT molecular complexity index is 1330. The van der Waals surface area contributed by atoms with E-state index in [1.54, 1.807) is 0 Å². The summed E-state index contributed by atoms with van der Waals surface area (Å²) in [7, 11) is 0. The average Bonchev–Trinajstić information content (AvgIpc) is 3.21. The van der Waals surface area contributed by atoms with Crippen LogP contribution in [0.4, 0.5) is 0 Å². The number of amides is 1. The summed E-state index contributed by atoms with van der Waals surface area (Å²) in [5.74, 6) is 1.80. The molecule has 5 rings (SSSR count). The highest BCUT2D eigenvalue weighted by atomic mass is 16.2. The van der Waals surface area contributed by atoms with E-state index in [9.17, 15) is 4.79 Å². The second-order valence-corrected chi connectivity index (χ2v) is 9.85. The third kappa shape index (κ3) is 4.11. The Kier molecular flexibility index (Phi) is 5.94. The first-order valence-electron chi connectivity index (χ1n) is 12.3. The lowest BCUT2D eigenvalue weighted by molar-refractivity contribution is 0.0623. The highest BCUT2D eigenvalue weighted by molar-refractivity contribution is 5.99. The maximum absolute atomic E-state index is 13.4. The molecule has 0 saturated carbocycles. The van der Waals surface area contributed by atoms with E-state index in [4.69, 9.17) is 9.97 Å². The van der Waals surface area contributed by atoms with Gasteiger partial charge in [-0.05, 0) is 60.4 Å². The van der Waals surface area contributed by atoms with Crippen LogP contribution >= 0.6 is 0 Å². The van der Waals surface area contributed by atoms with E-state index in [1.807, 2.05) is 46.1 Å². The standard InChI is InChI=1S/C29H32N4O/c1-5-22-18-33(29-30-14-24(15-31-29)25-9-7-6-8-21(25)4)27-13-23(10-11-26(22)27)28(34)32-16-19(2)12-20(3)17-32/h6-11,13-15,18-20H,5,12,16-17H2,1-4H3. The SMILES string of the molecule is CCc1cn(-c2ncc(-c3ccccc3C)cn2)c2cc(C(=O)N3CC(C)CC(C)C3)ccc12. The Labute approximate surface area is 201 Å². The van der Waals surface area contributed by atoms with E-state index in [-0.39, 0.29) is 5.91 Å². The second kappa shape index (κ2) is 9.05. The van der Waals surface area contributed by atoms with Crippen molar-refractivity contribution in [2.24, 2.45) is 11.8 Å². The molecule has 5 heteroatoms. The van der Waals surface area contributed by atoms with Crippen LogP contribution in [0.15, 0.2) is 61.1 Å². The maximum atomic E-state index is 13.4. The van der Waals surface area contributed by atoms with Gasteiger partial charge in [-0.3, -0.25) is 9.36 Å². The Balaban J connectivity index is 1.52. The molecule has 0 N–H and O–H groups in total. The van der Waals surface area contributed by atoms with Gasteiger partial charge >= 0.3 is 0 Å². The van der Waals surface area contributed by atoms with Crippen LogP contribution in [0.1, 0.15) is 48.7 Å². The zero-order valence-corrected chi connectivity index (χ0v) is 20.5. The number of hydrogen-bond acceptors (Lipinski definition) is 3. The Morgan fingerprint density at radius 3 is 2.41 bits per heavy atom. The monoisotopic (exact) mass is 452 g/mol. The summed E-state index contributed by atoms with van der Waals surface area (Å²) in [5, 5.41) is 1.14. The summed E-state index contributed by atoms with van der Waals surface area (Å²) >= 11 is 0. The Morgan fingerprint density at radius 2 is 1.74 bits per heavy atom. The summed E-state index contributed by atoms with van der Waals surface area (Å²) in [6, 6.07) is 14.3. The topological polar surface area (TPSA) is 51.0 Å². The molecule has 3 heterocycles. The quantitative estimate of drug-likeness (QED) is 0.377. The number of benzene rings is 2. The van der Waals surface area contributed by atoms with Crippen molar-refractivity contribution in [1.82, 2.24) is 19.4 Å². The average molecular weight is 453 g/mol. The number of likely N-dealkylation sites (tertiary alicyclic amines) is 1. The molecule has 0 bridgehead atoms. The third-order valence-electron chi connectivity index (χ3n) is 6.98. The van der Waals surface area contributed by atoms with Gasteiger partial charge in [-0.15, -0.1) is 0 Å². The van der Waals surface area contributed by atoms with E-state index in [1.165, 1.54) is 17.5 Å². The predicted molar refractivity (Wildman–Crippen MR) is 137 cm³/mol. The van der Waals surface area contributed by atoms with Gasteiger partial charge in [0.2, 0.25) is 5.95 Å². The highest BCUT2D eigenvalue weighted by Crippen LogP contribution is 2.28. The second-order valence-electron chi connectivity index (χ2n) is 9.85. The summed E-state index contributed by atoms with van der Waals surface area (Å²) in [6.45, 7) is 10.4. The van der Waals surface area contributed by atoms with Crippen LogP contribution in [0.5, 0.6) is 0 Å². The van der Waals surface area contributed by atoms with Crippen molar-refractivity contribution in [3.63, 3.8) is 0 Å². The van der Waals surface area contributed by atoms with Crippen molar-refractivity contribution < 1.29 is 4.79 Å². The number of piperidine rings is 1. The van der Waals surface area contributed by atoms with Crippen molar-refractivity contribution in [2.75, 3.05) is 13.1 Å². The van der Waals surface area contributed by atoms with Gasteiger partial charge in [0.15, 0.2) is 0 Å². The van der Waals surface area contributed by atoms with Gasteiger partial charge in [0.05, 0.1) is 5.52 Å². The number of fused-ring (bicyclic) bond motifs is 1. The first kappa shape index (κ1) is 22.3. The lowest BCUT2D eigenvalue weighted by Gasteiger charge is -2.35. The van der Waals surface area contributed by atoms with Crippen molar-refractivity contribution in [3.05, 3.63) is 77.7 Å². The number of hydrogen-bond donors (Lipinski definition) is 0. The molecule has 34 heavy (non-hydrogen) atoms. The number of carbonyl (C=O) groups excluding carboxylic acids is 1. The Hall–Kier alpha value is -3.47. The predicted octanol–water partition coefficient (Wildman–Crippen LogP) is 6.08. The van der Waals surface area contributed by atoms with Crippen LogP contribution in [0, 0.1) is 18.8 Å². The van der Waals surface area contributed by atoms with Crippen LogP contribution in [-0.2, 0) is 6.42 Å². The summed E-state index contributed by atoms with van der Waals surface area (Å²) in [6.07, 6.45) is 7.95. The fourth-order valence-corrected chi connectivity index (χ4v) is 5.37. The molecule has 2 unspecified atom stereocenters. The lowest BCUT2D eigenvalue weighted by Crippen LogP contribution is -2.42. The number of carbonyl (C=O) groups is 1. The lowest BCUT2D eigenvalue weighted by atomic mass is 9.91. The molecule has 1 fully saturated rings. The molecule has 1 amide bonds. The molecule has 5 nitrogen and oxygen atoms in total. The van der Waals surface area contributed by atoms with Crippen LogP contribution in [0.3, 0.4) is 0 Å². The summed E-state index contributed by atoms with van der Waals surface area (Å²) in [5.41, 5.74) is 6.26. The molecular weight excluding hydrogens is 420 g/mol. The molecule has 2 atom stereocenters. The van der Waals surface area contributed by atoms with Crippen molar-refractivity contribution in [1.29, 1.82) is 0 Å². The maximum Gasteiger partial charge on any atom is 0.253 e. The van der Waals surface area contributed by atoms with Crippen LogP contribution in [0.25, 0.3) is 28.0 Å². The van der Waals surface area contributed by atoms with Crippen LogP contribution < -0.4 is 0 Å². The molecular formula is C29H32N4O. The molecule has 0 radical (unpaired) electrons. The number of aromatic nitrogens is 3. The van der Waals surface area contributed by atoms with Crippen molar-refractivity contribution >= 4 is 16.8 Å². The van der Waals surface area contributed by atoms with Gasteiger partial charge in [-0.25, -0.2) is 9.97 Å². The third-order valence-corrected chi connectivity index (χ3v) is 6.98. The smallest absolute Gasteiger partial charge is 0.253 e. The van der Waals surface area contributed by atoms with E-state index < -0.39 is 0 Å². The normalized spacial score (nSPS) is 18.4. The molecule has 4 aromatic rings. The fourth-order valence-electron chi connectivity index (χ4n) is 5.37. The van der Waals surface area contributed by atoms with E-state index in [2.05, 4.69) is 52.1 Å². The van der Waals surface area contributed by atoms with Gasteiger partial charge in [0.1, 0.15) is 0 Å². The first-order valence-corrected chi connectivity index (χ1v) is 12.3. The minimum atomic E-state index is 0.113. The van der Waals surface area contributed by atoms with Gasteiger partial charge in [-0.1, -0.05) is 51.1 Å². The van der Waals surface area contributed by atoms with Crippen LogP contribution in [-0.4, -0.2) is 38.4 Å². The van der Waals surface area contributed by atoms with E-state index >= 15 is 0 Å². The molecule has 1 aliphatic rings.